The Bertz CT molecular complexity index is 1100. The van der Waals surface area contributed by atoms with Gasteiger partial charge in [0, 0.05) is 29.3 Å². The maximum Gasteiger partial charge on any atom is 0.323 e. The lowest BCUT2D eigenvalue weighted by Crippen LogP contribution is -2.12. The van der Waals surface area contributed by atoms with Gasteiger partial charge in [-0.15, -0.1) is 0 Å². The summed E-state index contributed by atoms with van der Waals surface area (Å²) in [6, 6.07) is 8.67. The normalized spacial score (nSPS) is 11.2. The van der Waals surface area contributed by atoms with Crippen molar-refractivity contribution < 1.29 is 4.79 Å². The molecule has 4 rings (SSSR count). The second kappa shape index (κ2) is 4.84. The van der Waals surface area contributed by atoms with Crippen LogP contribution in [0.1, 0.15) is 16.1 Å². The van der Waals surface area contributed by atoms with E-state index in [1.807, 2.05) is 17.5 Å². The molecule has 0 unspecified atom stereocenters. The van der Waals surface area contributed by atoms with Gasteiger partial charge < -0.3 is 19.7 Å². The molecule has 7 heteroatoms. The maximum atomic E-state index is 12.4. The minimum atomic E-state index is -0.274. The minimum absolute atomic E-state index is 0.231. The van der Waals surface area contributed by atoms with Crippen LogP contribution in [0.5, 0.6) is 0 Å². The zero-order valence-electron chi connectivity index (χ0n) is 12.3. The van der Waals surface area contributed by atoms with E-state index in [-0.39, 0.29) is 11.6 Å². The first kappa shape index (κ1) is 13.3. The van der Waals surface area contributed by atoms with Gasteiger partial charge in [-0.3, -0.25) is 4.79 Å². The van der Waals surface area contributed by atoms with Crippen molar-refractivity contribution in [2.75, 3.05) is 5.32 Å². The van der Waals surface area contributed by atoms with Gasteiger partial charge in [-0.2, -0.15) is 0 Å². The third-order valence-corrected chi connectivity index (χ3v) is 3.73. The molecular weight excluding hydrogens is 294 g/mol. The Morgan fingerprint density at radius 1 is 1.17 bits per heavy atom. The summed E-state index contributed by atoms with van der Waals surface area (Å²) in [6.07, 6.45) is 3.58. The van der Waals surface area contributed by atoms with Gasteiger partial charge in [0.05, 0.1) is 11.0 Å². The number of benzene rings is 1. The minimum Gasteiger partial charge on any atom is -0.322 e. The zero-order chi connectivity index (χ0) is 16.0. The molecular formula is C16H13N5O2. The average molecular weight is 307 g/mol. The molecule has 0 aliphatic heterocycles. The number of aryl methyl sites for hydroxylation is 1. The van der Waals surface area contributed by atoms with E-state index in [2.05, 4.69) is 20.3 Å². The second-order valence-electron chi connectivity index (χ2n) is 5.34. The van der Waals surface area contributed by atoms with Crippen LogP contribution in [0.3, 0.4) is 0 Å². The number of H-pyrrole nitrogens is 2. The summed E-state index contributed by atoms with van der Waals surface area (Å²) in [5.41, 5.74) is 3.93. The maximum absolute atomic E-state index is 12.4. The highest BCUT2D eigenvalue weighted by Crippen LogP contribution is 2.16. The van der Waals surface area contributed by atoms with Gasteiger partial charge in [0.15, 0.2) is 0 Å². The van der Waals surface area contributed by atoms with E-state index in [1.165, 1.54) is 0 Å². The third-order valence-electron chi connectivity index (χ3n) is 3.73. The number of fused-ring (bicyclic) bond motifs is 2. The lowest BCUT2D eigenvalue weighted by atomic mass is 10.2. The molecule has 1 aromatic carbocycles. The molecule has 114 valence electrons. The number of rotatable bonds is 2. The van der Waals surface area contributed by atoms with Gasteiger partial charge in [0.1, 0.15) is 5.65 Å². The van der Waals surface area contributed by atoms with E-state index >= 15 is 0 Å². The number of amides is 1. The monoisotopic (exact) mass is 307 g/mol. The summed E-state index contributed by atoms with van der Waals surface area (Å²) in [5, 5.41) is 2.82. The molecule has 0 bridgehead atoms. The van der Waals surface area contributed by atoms with E-state index < -0.39 is 0 Å². The highest BCUT2D eigenvalue weighted by molar-refractivity contribution is 6.05. The van der Waals surface area contributed by atoms with Crippen LogP contribution in [0.25, 0.3) is 16.7 Å². The number of imidazole rings is 2. The summed E-state index contributed by atoms with van der Waals surface area (Å²) in [6.45, 7) is 1.95. The predicted octanol–water partition coefficient (Wildman–Crippen LogP) is 2.06. The lowest BCUT2D eigenvalue weighted by Gasteiger charge is -2.06. The van der Waals surface area contributed by atoms with Crippen molar-refractivity contribution in [2.24, 2.45) is 0 Å². The van der Waals surface area contributed by atoms with Crippen LogP contribution in [0.15, 0.2) is 47.5 Å². The smallest absolute Gasteiger partial charge is 0.322 e. The first-order valence-electron chi connectivity index (χ1n) is 7.07. The molecule has 0 atom stereocenters. The van der Waals surface area contributed by atoms with E-state index in [0.717, 1.165) is 11.3 Å². The molecule has 0 aliphatic carbocycles. The van der Waals surface area contributed by atoms with E-state index in [1.54, 1.807) is 36.5 Å². The molecule has 0 fully saturated rings. The Labute approximate surface area is 130 Å². The molecule has 0 saturated heterocycles. The lowest BCUT2D eigenvalue weighted by molar-refractivity contribution is 0.102. The van der Waals surface area contributed by atoms with Crippen molar-refractivity contribution in [1.29, 1.82) is 0 Å². The Kier molecular flexibility index (Phi) is 2.80. The molecule has 3 N–H and O–H groups in total. The molecule has 23 heavy (non-hydrogen) atoms. The van der Waals surface area contributed by atoms with Crippen molar-refractivity contribution in [2.45, 2.75) is 6.92 Å². The fraction of sp³-hybridized carbons (Fsp3) is 0.0625. The van der Waals surface area contributed by atoms with Gasteiger partial charge in [0.25, 0.3) is 5.91 Å². The average Bonchev–Trinajstić information content (AvgIpc) is 3.08. The van der Waals surface area contributed by atoms with Crippen LogP contribution in [-0.4, -0.2) is 25.3 Å². The largest absolute Gasteiger partial charge is 0.323 e. The standard InChI is InChI=1S/C16H13N5O2/c1-9-8-17-14-6-10(4-5-21(9)14)15(22)18-11-2-3-12-13(7-11)20-16(23)19-12/h2-8H,1H3,(H,18,22)(H2,19,20,23). The van der Waals surface area contributed by atoms with Crippen molar-refractivity contribution in [3.8, 4) is 0 Å². The second-order valence-corrected chi connectivity index (χ2v) is 5.34. The van der Waals surface area contributed by atoms with E-state index in [4.69, 9.17) is 0 Å². The molecule has 3 aromatic heterocycles. The number of carbonyl (C=O) groups is 1. The molecule has 0 radical (unpaired) electrons. The van der Waals surface area contributed by atoms with Crippen LogP contribution in [-0.2, 0) is 0 Å². The number of aromatic amines is 2. The van der Waals surface area contributed by atoms with E-state index in [0.29, 0.717) is 22.3 Å². The molecule has 4 aromatic rings. The first-order chi connectivity index (χ1) is 11.1. The summed E-state index contributed by atoms with van der Waals surface area (Å²) < 4.78 is 1.91. The summed E-state index contributed by atoms with van der Waals surface area (Å²) in [4.78, 5) is 33.2. The number of hydrogen-bond donors (Lipinski definition) is 3. The van der Waals surface area contributed by atoms with Gasteiger partial charge in [-0.05, 0) is 37.3 Å². The summed E-state index contributed by atoms with van der Waals surface area (Å²) in [5.74, 6) is -0.231. The number of anilines is 1. The number of carbonyl (C=O) groups excluding carboxylic acids is 1. The van der Waals surface area contributed by atoms with Gasteiger partial charge in [0.2, 0.25) is 0 Å². The molecule has 0 spiro atoms. The molecule has 7 nitrogen and oxygen atoms in total. The van der Waals surface area contributed by atoms with Gasteiger partial charge >= 0.3 is 5.69 Å². The summed E-state index contributed by atoms with van der Waals surface area (Å²) >= 11 is 0. The van der Waals surface area contributed by atoms with Crippen molar-refractivity contribution in [3.05, 3.63) is 64.5 Å². The van der Waals surface area contributed by atoms with Crippen LogP contribution in [0.4, 0.5) is 5.69 Å². The van der Waals surface area contributed by atoms with Crippen molar-refractivity contribution in [3.63, 3.8) is 0 Å². The Morgan fingerprint density at radius 2 is 2.00 bits per heavy atom. The van der Waals surface area contributed by atoms with Crippen LogP contribution >= 0.6 is 0 Å². The van der Waals surface area contributed by atoms with Crippen LogP contribution in [0, 0.1) is 6.92 Å². The Hall–Kier alpha value is -3.35. The molecule has 0 saturated carbocycles. The number of nitrogens with zero attached hydrogens (tertiary/aromatic N) is 2. The van der Waals surface area contributed by atoms with Crippen molar-refractivity contribution in [1.82, 2.24) is 19.4 Å². The van der Waals surface area contributed by atoms with Crippen LogP contribution < -0.4 is 11.0 Å². The predicted molar refractivity (Wildman–Crippen MR) is 86.8 cm³/mol. The van der Waals surface area contributed by atoms with E-state index in [9.17, 15) is 9.59 Å². The number of aromatic nitrogens is 4. The fourth-order valence-electron chi connectivity index (χ4n) is 2.56. The number of nitrogens with one attached hydrogen (secondary N) is 3. The zero-order valence-corrected chi connectivity index (χ0v) is 12.3. The van der Waals surface area contributed by atoms with Crippen LogP contribution in [0.2, 0.25) is 0 Å². The highest BCUT2D eigenvalue weighted by Gasteiger charge is 2.09. The topological polar surface area (TPSA) is 95.0 Å². The highest BCUT2D eigenvalue weighted by atomic mass is 16.2. The quantitative estimate of drug-likeness (QED) is 0.529. The van der Waals surface area contributed by atoms with Gasteiger partial charge in [-0.1, -0.05) is 0 Å². The first-order valence-corrected chi connectivity index (χ1v) is 7.07. The SMILES string of the molecule is Cc1cnc2cc(C(=O)Nc3ccc4[nH]c(=O)[nH]c4c3)ccn12. The molecule has 0 aliphatic rings. The van der Waals surface area contributed by atoms with Gasteiger partial charge in [-0.25, -0.2) is 9.78 Å². The summed E-state index contributed by atoms with van der Waals surface area (Å²) in [7, 11) is 0. The Morgan fingerprint density at radius 3 is 2.87 bits per heavy atom. The van der Waals surface area contributed by atoms with Crippen molar-refractivity contribution >= 4 is 28.3 Å². The number of hydrogen-bond acceptors (Lipinski definition) is 3. The fourth-order valence-corrected chi connectivity index (χ4v) is 2.56. The number of pyridine rings is 1. The Balaban J connectivity index is 1.65. The third kappa shape index (κ3) is 2.28. The molecule has 3 heterocycles. The molecule has 1 amide bonds.